The molecule has 0 radical (unpaired) electrons. The highest BCUT2D eigenvalue weighted by molar-refractivity contribution is 5.72. The molecular formula is C28H50N4O5. The van der Waals surface area contributed by atoms with Gasteiger partial charge < -0.3 is 24.4 Å². The van der Waals surface area contributed by atoms with Gasteiger partial charge in [0.15, 0.2) is 0 Å². The third-order valence-corrected chi connectivity index (χ3v) is 4.59. The number of nitrogens with one attached hydrogen (secondary N) is 1. The number of ether oxygens (including phenoxy) is 3. The second-order valence-corrected chi connectivity index (χ2v) is 12.9. The van der Waals surface area contributed by atoms with Gasteiger partial charge in [-0.15, -0.1) is 0 Å². The third-order valence-electron chi connectivity index (χ3n) is 4.59. The molecule has 0 spiro atoms. The fraction of sp³-hybridized carbons (Fsp3) is 0.750. The van der Waals surface area contributed by atoms with Crippen molar-refractivity contribution in [2.24, 2.45) is 5.41 Å². The van der Waals surface area contributed by atoms with E-state index in [9.17, 15) is 9.59 Å². The Morgan fingerprint density at radius 1 is 0.865 bits per heavy atom. The minimum Gasteiger partial charge on any atom is -0.493 e. The molecule has 1 heterocycles. The summed E-state index contributed by atoms with van der Waals surface area (Å²) in [7, 11) is 3.95. The monoisotopic (exact) mass is 522 g/mol. The number of carbonyl (C=O) groups is 2. The van der Waals surface area contributed by atoms with Gasteiger partial charge in [0.05, 0.1) is 24.5 Å². The summed E-state index contributed by atoms with van der Waals surface area (Å²) in [6, 6.07) is 3.86. The maximum Gasteiger partial charge on any atom is 0.407 e. The normalized spacial score (nSPS) is 12.6. The predicted molar refractivity (Wildman–Crippen MR) is 147 cm³/mol. The zero-order valence-corrected chi connectivity index (χ0v) is 25.0. The summed E-state index contributed by atoms with van der Waals surface area (Å²) in [4.78, 5) is 33.0. The van der Waals surface area contributed by atoms with Gasteiger partial charge in [-0.2, -0.15) is 0 Å². The van der Waals surface area contributed by atoms with Crippen molar-refractivity contribution in [2.45, 2.75) is 93.0 Å². The van der Waals surface area contributed by atoms with E-state index in [4.69, 9.17) is 19.2 Å². The topological polar surface area (TPSA) is 93.2 Å². The lowest BCUT2D eigenvalue weighted by molar-refractivity contribution is -0.155. The molecule has 1 aromatic heterocycles. The first kappa shape index (κ1) is 32.6. The number of hydrogen-bond donors (Lipinski definition) is 1. The minimum atomic E-state index is -0.527. The van der Waals surface area contributed by atoms with E-state index < -0.39 is 17.3 Å². The summed E-state index contributed by atoms with van der Waals surface area (Å²) in [5.41, 5.74) is 0.834. The van der Waals surface area contributed by atoms with Gasteiger partial charge >= 0.3 is 12.1 Å². The third kappa shape index (κ3) is 16.9. The summed E-state index contributed by atoms with van der Waals surface area (Å²) in [6.45, 7) is 20.8. The van der Waals surface area contributed by atoms with E-state index in [1.54, 1.807) is 0 Å². The highest BCUT2D eigenvalue weighted by Crippen LogP contribution is 2.20. The van der Waals surface area contributed by atoms with Gasteiger partial charge in [0, 0.05) is 38.3 Å². The Labute approximate surface area is 224 Å². The molecular weight excluding hydrogens is 472 g/mol. The number of carbonyl (C=O) groups excluding carboxylic acids is 2. The van der Waals surface area contributed by atoms with Crippen LogP contribution in [0.4, 0.5) is 4.79 Å². The van der Waals surface area contributed by atoms with Gasteiger partial charge in [0.1, 0.15) is 17.0 Å². The predicted octanol–water partition coefficient (Wildman–Crippen LogP) is 4.63. The molecule has 9 nitrogen and oxygen atoms in total. The summed E-state index contributed by atoms with van der Waals surface area (Å²) < 4.78 is 16.7. The standard InChI is InChI=1S/C28H50N4O5/c1-26(2,3)20-32(11)18-22-16-23(35-14-12-13-29-25(34)37-28(7,8)9)15-21(30-22)17-31(10)19-24(33)36-27(4,5)6/h15-16H,12-14,17-20H2,1-11H3,(H,29,34). The zero-order chi connectivity index (χ0) is 28.4. The average molecular weight is 523 g/mol. The largest absolute Gasteiger partial charge is 0.493 e. The molecule has 0 aliphatic heterocycles. The fourth-order valence-corrected chi connectivity index (χ4v) is 3.70. The average Bonchev–Trinajstić information content (AvgIpc) is 2.62. The van der Waals surface area contributed by atoms with Crippen LogP contribution in [-0.2, 0) is 27.4 Å². The Morgan fingerprint density at radius 3 is 1.92 bits per heavy atom. The Kier molecular flexibility index (Phi) is 12.3. The first-order chi connectivity index (χ1) is 16.8. The van der Waals surface area contributed by atoms with E-state index in [0.717, 1.165) is 17.9 Å². The van der Waals surface area contributed by atoms with Gasteiger partial charge in [-0.05, 0) is 67.5 Å². The van der Waals surface area contributed by atoms with Crippen LogP contribution < -0.4 is 10.1 Å². The van der Waals surface area contributed by atoms with E-state index in [1.807, 2.05) is 65.6 Å². The molecule has 0 aliphatic rings. The Balaban J connectivity index is 2.83. The van der Waals surface area contributed by atoms with Crippen LogP contribution >= 0.6 is 0 Å². The quantitative estimate of drug-likeness (QED) is 0.314. The van der Waals surface area contributed by atoms with E-state index in [2.05, 4.69) is 38.0 Å². The number of likely N-dealkylation sites (N-methyl/N-ethyl adjacent to an activating group) is 1. The lowest BCUT2D eigenvalue weighted by atomic mass is 9.96. The van der Waals surface area contributed by atoms with Crippen molar-refractivity contribution < 1.29 is 23.8 Å². The molecule has 0 atom stereocenters. The Morgan fingerprint density at radius 2 is 1.41 bits per heavy atom. The SMILES string of the molecule is CN(CC(=O)OC(C)(C)C)Cc1cc(OCCCNC(=O)OC(C)(C)C)cc(CN(C)CC(C)(C)C)n1. The number of alkyl carbamates (subject to hydrolysis) is 1. The van der Waals surface area contributed by atoms with Crippen molar-refractivity contribution in [2.75, 3.05) is 40.3 Å². The molecule has 0 aliphatic carbocycles. The van der Waals surface area contributed by atoms with Crippen LogP contribution in [0.1, 0.15) is 80.1 Å². The van der Waals surface area contributed by atoms with Crippen molar-refractivity contribution in [3.63, 3.8) is 0 Å². The van der Waals surface area contributed by atoms with Crippen LogP contribution in [-0.4, -0.2) is 78.4 Å². The second kappa shape index (κ2) is 14.0. The summed E-state index contributed by atoms with van der Waals surface area (Å²) in [5.74, 6) is 0.442. The molecule has 0 aromatic carbocycles. The molecule has 9 heteroatoms. The number of pyridine rings is 1. The molecule has 1 N–H and O–H groups in total. The molecule has 0 unspecified atom stereocenters. The van der Waals surface area contributed by atoms with E-state index in [0.29, 0.717) is 38.4 Å². The lowest BCUT2D eigenvalue weighted by Crippen LogP contribution is -2.33. The summed E-state index contributed by atoms with van der Waals surface area (Å²) in [6.07, 6.45) is 0.199. The van der Waals surface area contributed by atoms with Crippen LogP contribution in [0.2, 0.25) is 0 Å². The number of rotatable bonds is 12. The fourth-order valence-electron chi connectivity index (χ4n) is 3.70. The van der Waals surface area contributed by atoms with Gasteiger partial charge in [0.25, 0.3) is 0 Å². The number of aromatic nitrogens is 1. The van der Waals surface area contributed by atoms with E-state index in [-0.39, 0.29) is 17.9 Å². The van der Waals surface area contributed by atoms with E-state index in [1.165, 1.54) is 0 Å². The molecule has 1 aromatic rings. The highest BCUT2D eigenvalue weighted by atomic mass is 16.6. The van der Waals surface area contributed by atoms with Gasteiger partial charge in [-0.3, -0.25) is 14.7 Å². The van der Waals surface area contributed by atoms with Crippen molar-refractivity contribution in [1.82, 2.24) is 20.1 Å². The molecule has 0 fully saturated rings. The van der Waals surface area contributed by atoms with Crippen LogP contribution in [0.5, 0.6) is 5.75 Å². The minimum absolute atomic E-state index is 0.166. The summed E-state index contributed by atoms with van der Waals surface area (Å²) >= 11 is 0. The zero-order valence-electron chi connectivity index (χ0n) is 25.0. The highest BCUT2D eigenvalue weighted by Gasteiger charge is 2.19. The number of esters is 1. The van der Waals surface area contributed by atoms with Crippen LogP contribution in [0.3, 0.4) is 0 Å². The molecule has 0 bridgehead atoms. The number of hydrogen-bond acceptors (Lipinski definition) is 8. The van der Waals surface area contributed by atoms with Gasteiger partial charge in [-0.1, -0.05) is 20.8 Å². The van der Waals surface area contributed by atoms with Crippen molar-refractivity contribution in [1.29, 1.82) is 0 Å². The molecule has 1 rings (SSSR count). The number of amides is 1. The lowest BCUT2D eigenvalue weighted by Gasteiger charge is -2.26. The molecule has 0 saturated heterocycles. The Hall–Kier alpha value is -2.39. The maximum atomic E-state index is 12.2. The molecule has 37 heavy (non-hydrogen) atoms. The van der Waals surface area contributed by atoms with E-state index >= 15 is 0 Å². The molecule has 1 amide bonds. The van der Waals surface area contributed by atoms with Crippen LogP contribution in [0, 0.1) is 5.41 Å². The van der Waals surface area contributed by atoms with Crippen molar-refractivity contribution in [3.8, 4) is 5.75 Å². The summed E-state index contributed by atoms with van der Waals surface area (Å²) in [5, 5.41) is 2.75. The van der Waals surface area contributed by atoms with Gasteiger partial charge in [0.2, 0.25) is 0 Å². The van der Waals surface area contributed by atoms with Crippen LogP contribution in [0.15, 0.2) is 12.1 Å². The van der Waals surface area contributed by atoms with Crippen LogP contribution in [0.25, 0.3) is 0 Å². The molecule has 212 valence electrons. The first-order valence-corrected chi connectivity index (χ1v) is 13.0. The number of nitrogens with zero attached hydrogens (tertiary/aromatic N) is 3. The van der Waals surface area contributed by atoms with Crippen molar-refractivity contribution in [3.05, 3.63) is 23.5 Å². The smallest absolute Gasteiger partial charge is 0.407 e. The maximum absolute atomic E-state index is 12.2. The van der Waals surface area contributed by atoms with Crippen molar-refractivity contribution >= 4 is 12.1 Å². The molecule has 0 saturated carbocycles. The second-order valence-electron chi connectivity index (χ2n) is 12.9. The first-order valence-electron chi connectivity index (χ1n) is 13.0. The Bertz CT molecular complexity index is 869. The van der Waals surface area contributed by atoms with Gasteiger partial charge in [-0.25, -0.2) is 4.79 Å².